The Morgan fingerprint density at radius 2 is 1.80 bits per heavy atom. The summed E-state index contributed by atoms with van der Waals surface area (Å²) in [6, 6.07) is 11.3. The highest BCUT2D eigenvalue weighted by atomic mass is 35.5. The van der Waals surface area contributed by atoms with Crippen LogP contribution in [0.15, 0.2) is 36.4 Å². The molecule has 1 aliphatic heterocycles. The second-order valence-electron chi connectivity index (χ2n) is 6.59. The lowest BCUT2D eigenvalue weighted by Crippen LogP contribution is -2.29. The second kappa shape index (κ2) is 6.89. The molecule has 0 bridgehead atoms. The number of aryl methyl sites for hydroxylation is 3. The van der Waals surface area contributed by atoms with Crippen molar-refractivity contribution in [3.05, 3.63) is 58.1 Å². The summed E-state index contributed by atoms with van der Waals surface area (Å²) in [5, 5.41) is 3.48. The van der Waals surface area contributed by atoms with Gasteiger partial charge in [-0.3, -0.25) is 9.59 Å². The van der Waals surface area contributed by atoms with Gasteiger partial charge in [0.1, 0.15) is 0 Å². The summed E-state index contributed by atoms with van der Waals surface area (Å²) in [5.74, 6) is -0.530. The van der Waals surface area contributed by atoms with Crippen LogP contribution in [0.1, 0.15) is 23.1 Å². The molecule has 0 aliphatic carbocycles. The van der Waals surface area contributed by atoms with Gasteiger partial charge in [-0.15, -0.1) is 0 Å². The van der Waals surface area contributed by atoms with Crippen molar-refractivity contribution < 1.29 is 9.59 Å². The number of hydrogen-bond donors (Lipinski definition) is 1. The minimum atomic E-state index is -0.370. The Hall–Kier alpha value is -2.33. The summed E-state index contributed by atoms with van der Waals surface area (Å²) in [6.45, 7) is 6.28. The lowest BCUT2D eigenvalue weighted by Gasteiger charge is -2.21. The van der Waals surface area contributed by atoms with E-state index in [0.717, 1.165) is 22.4 Å². The molecule has 3 rings (SSSR count). The van der Waals surface area contributed by atoms with Gasteiger partial charge in [-0.05, 0) is 49.6 Å². The summed E-state index contributed by atoms with van der Waals surface area (Å²) >= 11 is 6.01. The number of amides is 2. The van der Waals surface area contributed by atoms with Crippen molar-refractivity contribution in [2.45, 2.75) is 27.2 Å². The molecule has 130 valence electrons. The van der Waals surface area contributed by atoms with E-state index >= 15 is 0 Å². The van der Waals surface area contributed by atoms with Gasteiger partial charge in [0.25, 0.3) is 0 Å². The summed E-state index contributed by atoms with van der Waals surface area (Å²) < 4.78 is 0. The first kappa shape index (κ1) is 17.5. The van der Waals surface area contributed by atoms with E-state index in [4.69, 9.17) is 11.6 Å². The Morgan fingerprint density at radius 1 is 1.12 bits per heavy atom. The van der Waals surface area contributed by atoms with Gasteiger partial charge >= 0.3 is 0 Å². The number of carbonyl (C=O) groups is 2. The predicted molar refractivity (Wildman–Crippen MR) is 101 cm³/mol. The number of halogens is 1. The predicted octanol–water partition coefficient (Wildman–Crippen LogP) is 4.26. The number of rotatable bonds is 3. The van der Waals surface area contributed by atoms with Crippen LogP contribution in [0, 0.1) is 26.7 Å². The number of benzene rings is 2. The molecule has 0 spiro atoms. The van der Waals surface area contributed by atoms with Gasteiger partial charge in [-0.1, -0.05) is 35.9 Å². The van der Waals surface area contributed by atoms with Gasteiger partial charge in [0.2, 0.25) is 11.8 Å². The standard InChI is InChI=1S/C20H21ClN2O2/c1-12-7-8-16(21)10-17(12)22-20(25)15-9-18(24)23(11-15)19-13(2)5-4-6-14(19)3/h4-8,10,15H,9,11H2,1-3H3,(H,22,25)/t15-/m0/s1. The highest BCUT2D eigenvalue weighted by molar-refractivity contribution is 6.31. The molecular formula is C20H21ClN2O2. The van der Waals surface area contributed by atoms with E-state index in [1.807, 2.05) is 45.0 Å². The monoisotopic (exact) mass is 356 g/mol. The first-order chi connectivity index (χ1) is 11.9. The smallest absolute Gasteiger partial charge is 0.229 e. The Kier molecular flexibility index (Phi) is 4.82. The first-order valence-electron chi connectivity index (χ1n) is 8.30. The topological polar surface area (TPSA) is 49.4 Å². The molecule has 1 aliphatic rings. The van der Waals surface area contributed by atoms with Crippen molar-refractivity contribution in [3.8, 4) is 0 Å². The van der Waals surface area contributed by atoms with E-state index in [-0.39, 0.29) is 24.2 Å². The van der Waals surface area contributed by atoms with Crippen LogP contribution >= 0.6 is 11.6 Å². The highest BCUT2D eigenvalue weighted by Gasteiger charge is 2.36. The zero-order chi connectivity index (χ0) is 18.1. The van der Waals surface area contributed by atoms with Crippen molar-refractivity contribution in [3.63, 3.8) is 0 Å². The first-order valence-corrected chi connectivity index (χ1v) is 8.68. The van der Waals surface area contributed by atoms with Crippen LogP contribution in [0.2, 0.25) is 5.02 Å². The number of anilines is 2. The summed E-state index contributed by atoms with van der Waals surface area (Å²) in [6.07, 6.45) is 0.221. The number of nitrogens with zero attached hydrogens (tertiary/aromatic N) is 1. The fraction of sp³-hybridized carbons (Fsp3) is 0.300. The molecule has 0 aromatic heterocycles. The molecule has 0 radical (unpaired) electrons. The number of hydrogen-bond acceptors (Lipinski definition) is 2. The van der Waals surface area contributed by atoms with Crippen LogP contribution in [-0.4, -0.2) is 18.4 Å². The maximum atomic E-state index is 12.6. The van der Waals surface area contributed by atoms with Gasteiger partial charge in [-0.2, -0.15) is 0 Å². The summed E-state index contributed by atoms with van der Waals surface area (Å²) in [4.78, 5) is 26.9. The molecule has 2 aromatic carbocycles. The Balaban J connectivity index is 1.78. The van der Waals surface area contributed by atoms with Crippen LogP contribution in [-0.2, 0) is 9.59 Å². The van der Waals surface area contributed by atoms with Gasteiger partial charge in [-0.25, -0.2) is 0 Å². The van der Waals surface area contributed by atoms with Gasteiger partial charge in [0, 0.05) is 29.4 Å². The average molecular weight is 357 g/mol. The number of para-hydroxylation sites is 1. The van der Waals surface area contributed by atoms with Crippen LogP contribution in [0.3, 0.4) is 0 Å². The average Bonchev–Trinajstić information content (AvgIpc) is 2.93. The summed E-state index contributed by atoms with van der Waals surface area (Å²) in [5.41, 5.74) is 4.63. The van der Waals surface area contributed by atoms with Crippen LogP contribution in [0.4, 0.5) is 11.4 Å². The van der Waals surface area contributed by atoms with E-state index in [0.29, 0.717) is 17.3 Å². The lowest BCUT2D eigenvalue weighted by molar-refractivity contribution is -0.122. The zero-order valence-corrected chi connectivity index (χ0v) is 15.4. The molecule has 2 aromatic rings. The zero-order valence-electron chi connectivity index (χ0n) is 14.6. The molecular weight excluding hydrogens is 336 g/mol. The molecule has 1 fully saturated rings. The molecule has 1 heterocycles. The van der Waals surface area contributed by atoms with E-state index < -0.39 is 0 Å². The quantitative estimate of drug-likeness (QED) is 0.893. The molecule has 1 N–H and O–H groups in total. The fourth-order valence-electron chi connectivity index (χ4n) is 3.29. The third-order valence-corrected chi connectivity index (χ3v) is 4.90. The SMILES string of the molecule is Cc1ccc(Cl)cc1NC(=O)[C@H]1CC(=O)N(c2c(C)cccc2C)C1. The van der Waals surface area contributed by atoms with Crippen molar-refractivity contribution in [2.24, 2.45) is 5.92 Å². The van der Waals surface area contributed by atoms with Crippen LogP contribution < -0.4 is 10.2 Å². The van der Waals surface area contributed by atoms with Crippen molar-refractivity contribution in [1.29, 1.82) is 0 Å². The van der Waals surface area contributed by atoms with E-state index in [9.17, 15) is 9.59 Å². The number of carbonyl (C=O) groups excluding carboxylic acids is 2. The van der Waals surface area contributed by atoms with Crippen LogP contribution in [0.25, 0.3) is 0 Å². The molecule has 5 heteroatoms. The van der Waals surface area contributed by atoms with E-state index in [2.05, 4.69) is 5.32 Å². The Labute approximate surface area is 152 Å². The van der Waals surface area contributed by atoms with Gasteiger partial charge in [0.05, 0.1) is 5.92 Å². The number of nitrogens with one attached hydrogen (secondary N) is 1. The van der Waals surface area contributed by atoms with Crippen molar-refractivity contribution in [1.82, 2.24) is 0 Å². The maximum Gasteiger partial charge on any atom is 0.229 e. The lowest BCUT2D eigenvalue weighted by atomic mass is 10.1. The Morgan fingerprint density at radius 3 is 2.48 bits per heavy atom. The normalized spacial score (nSPS) is 17.0. The third kappa shape index (κ3) is 3.54. The third-order valence-electron chi connectivity index (χ3n) is 4.66. The molecule has 1 saturated heterocycles. The fourth-order valence-corrected chi connectivity index (χ4v) is 3.47. The van der Waals surface area contributed by atoms with Crippen molar-refractivity contribution >= 4 is 34.8 Å². The molecule has 2 amide bonds. The summed E-state index contributed by atoms with van der Waals surface area (Å²) in [7, 11) is 0. The highest BCUT2D eigenvalue weighted by Crippen LogP contribution is 2.31. The van der Waals surface area contributed by atoms with E-state index in [1.165, 1.54) is 0 Å². The molecule has 0 unspecified atom stereocenters. The maximum absolute atomic E-state index is 12.6. The minimum Gasteiger partial charge on any atom is -0.325 e. The van der Waals surface area contributed by atoms with Gasteiger partial charge < -0.3 is 10.2 Å². The Bertz CT molecular complexity index is 827. The molecule has 0 saturated carbocycles. The molecule has 4 nitrogen and oxygen atoms in total. The molecule has 1 atom stereocenters. The largest absolute Gasteiger partial charge is 0.325 e. The van der Waals surface area contributed by atoms with E-state index in [1.54, 1.807) is 17.0 Å². The van der Waals surface area contributed by atoms with Crippen molar-refractivity contribution in [2.75, 3.05) is 16.8 Å². The van der Waals surface area contributed by atoms with Crippen LogP contribution in [0.5, 0.6) is 0 Å². The minimum absolute atomic E-state index is 0.0135. The molecule has 25 heavy (non-hydrogen) atoms. The second-order valence-corrected chi connectivity index (χ2v) is 7.03. The van der Waals surface area contributed by atoms with Gasteiger partial charge in [0.15, 0.2) is 0 Å².